The summed E-state index contributed by atoms with van der Waals surface area (Å²) < 4.78 is 24.1. The minimum Gasteiger partial charge on any atom is -0.489 e. The molecule has 0 bridgehead atoms. The predicted molar refractivity (Wildman–Crippen MR) is 71.5 cm³/mol. The lowest BCUT2D eigenvalue weighted by atomic mass is 10.2. The molecule has 0 aliphatic carbocycles. The number of rotatable bonds is 4. The number of ether oxygens (including phenoxy) is 2. The van der Waals surface area contributed by atoms with Gasteiger partial charge in [-0.05, 0) is 13.0 Å². The Morgan fingerprint density at radius 2 is 2.10 bits per heavy atom. The smallest absolute Gasteiger partial charge is 0.275 e. The van der Waals surface area contributed by atoms with Crippen molar-refractivity contribution in [3.05, 3.63) is 45.1 Å². The third kappa shape index (κ3) is 3.00. The molecule has 0 fully saturated rings. The van der Waals surface area contributed by atoms with Gasteiger partial charge in [0.25, 0.3) is 11.6 Å². The van der Waals surface area contributed by atoms with Gasteiger partial charge >= 0.3 is 0 Å². The maximum absolute atomic E-state index is 13.9. The Morgan fingerprint density at radius 1 is 1.38 bits per heavy atom. The van der Waals surface area contributed by atoms with Gasteiger partial charge in [-0.15, -0.1) is 0 Å². The fourth-order valence-electron chi connectivity index (χ4n) is 1.61. The van der Waals surface area contributed by atoms with E-state index in [0.29, 0.717) is 0 Å². The fraction of sp³-hybridized carbons (Fsp3) is 0.167. The maximum atomic E-state index is 13.9. The summed E-state index contributed by atoms with van der Waals surface area (Å²) in [6.07, 6.45) is 1.12. The zero-order chi connectivity index (χ0) is 15.6. The molecule has 0 aliphatic heterocycles. The number of methoxy groups -OCH3 is 1. The molecule has 21 heavy (non-hydrogen) atoms. The summed E-state index contributed by atoms with van der Waals surface area (Å²) in [6.45, 7) is 1.47. The molecule has 1 aromatic heterocycles. The van der Waals surface area contributed by atoms with Gasteiger partial charge in [0, 0.05) is 5.56 Å². The Balaban J connectivity index is 2.43. The Hall–Kier alpha value is -2.48. The van der Waals surface area contributed by atoms with Crippen molar-refractivity contribution in [3.8, 4) is 17.4 Å². The first-order valence-electron chi connectivity index (χ1n) is 5.61. The molecule has 2 rings (SSSR count). The number of hydrogen-bond donors (Lipinski definition) is 0. The van der Waals surface area contributed by atoms with Crippen molar-refractivity contribution in [1.82, 2.24) is 9.97 Å². The maximum Gasteiger partial charge on any atom is 0.275 e. The molecule has 7 nitrogen and oxygen atoms in total. The van der Waals surface area contributed by atoms with Crippen LogP contribution in [-0.2, 0) is 0 Å². The second kappa shape index (κ2) is 5.88. The van der Waals surface area contributed by atoms with Crippen LogP contribution in [0, 0.1) is 22.9 Å². The summed E-state index contributed by atoms with van der Waals surface area (Å²) in [5, 5.41) is 10.7. The van der Waals surface area contributed by atoms with E-state index < -0.39 is 10.7 Å². The monoisotopic (exact) mass is 313 g/mol. The van der Waals surface area contributed by atoms with Crippen molar-refractivity contribution >= 4 is 17.3 Å². The summed E-state index contributed by atoms with van der Waals surface area (Å²) in [5.74, 6) is -1.19. The molecule has 0 saturated heterocycles. The number of aromatic nitrogens is 2. The van der Waals surface area contributed by atoms with Crippen LogP contribution in [0.3, 0.4) is 0 Å². The standard InChI is InChI=1S/C12H9ClFN3O4/c1-6-3-9(7(14)4-8(6)17(18)19)21-12-10(20-2)11(13)15-5-16-12/h3-5H,1-2H3. The topological polar surface area (TPSA) is 87.4 Å². The van der Waals surface area contributed by atoms with E-state index in [4.69, 9.17) is 21.1 Å². The second-order valence-corrected chi connectivity index (χ2v) is 4.29. The van der Waals surface area contributed by atoms with Crippen molar-refractivity contribution in [1.29, 1.82) is 0 Å². The van der Waals surface area contributed by atoms with Crippen molar-refractivity contribution in [2.24, 2.45) is 0 Å². The van der Waals surface area contributed by atoms with Crippen LogP contribution in [-0.4, -0.2) is 22.0 Å². The molecule has 0 unspecified atom stereocenters. The van der Waals surface area contributed by atoms with Gasteiger partial charge in [0.2, 0.25) is 5.75 Å². The average molecular weight is 314 g/mol. The van der Waals surface area contributed by atoms with Gasteiger partial charge in [-0.3, -0.25) is 10.1 Å². The van der Waals surface area contributed by atoms with Crippen LogP contribution in [0.25, 0.3) is 0 Å². The molecule has 0 atom stereocenters. The Morgan fingerprint density at radius 3 is 2.71 bits per heavy atom. The molecule has 0 saturated carbocycles. The van der Waals surface area contributed by atoms with E-state index in [1.165, 1.54) is 20.1 Å². The normalized spacial score (nSPS) is 10.3. The molecule has 0 aliphatic rings. The zero-order valence-corrected chi connectivity index (χ0v) is 11.7. The molecule has 0 N–H and O–H groups in total. The van der Waals surface area contributed by atoms with E-state index in [9.17, 15) is 14.5 Å². The molecule has 1 heterocycles. The minimum absolute atomic E-state index is 0.00143. The van der Waals surface area contributed by atoms with E-state index in [1.54, 1.807) is 0 Å². The molecule has 110 valence electrons. The molecule has 0 amide bonds. The van der Waals surface area contributed by atoms with Gasteiger partial charge in [0.1, 0.15) is 6.33 Å². The minimum atomic E-state index is -0.899. The van der Waals surface area contributed by atoms with Gasteiger partial charge in [0.05, 0.1) is 18.1 Å². The van der Waals surface area contributed by atoms with Crippen LogP contribution in [0.4, 0.5) is 10.1 Å². The third-order valence-electron chi connectivity index (χ3n) is 2.59. The van der Waals surface area contributed by atoms with Gasteiger partial charge in [-0.2, -0.15) is 4.98 Å². The van der Waals surface area contributed by atoms with Crippen LogP contribution < -0.4 is 9.47 Å². The van der Waals surface area contributed by atoms with Crippen LogP contribution in [0.5, 0.6) is 17.4 Å². The SMILES string of the molecule is COc1c(Cl)ncnc1Oc1cc(C)c([N+](=O)[O-])cc1F. The lowest BCUT2D eigenvalue weighted by Gasteiger charge is -2.10. The van der Waals surface area contributed by atoms with Crippen LogP contribution >= 0.6 is 11.6 Å². The van der Waals surface area contributed by atoms with Gasteiger partial charge < -0.3 is 9.47 Å². The van der Waals surface area contributed by atoms with Crippen molar-refractivity contribution < 1.29 is 18.8 Å². The molecule has 0 radical (unpaired) electrons. The number of benzene rings is 1. The third-order valence-corrected chi connectivity index (χ3v) is 2.85. The Bertz CT molecular complexity index is 711. The number of halogens is 2. The van der Waals surface area contributed by atoms with E-state index >= 15 is 0 Å². The lowest BCUT2D eigenvalue weighted by Crippen LogP contribution is -1.99. The number of aryl methyl sites for hydroxylation is 1. The van der Waals surface area contributed by atoms with E-state index in [1.807, 2.05) is 0 Å². The first-order valence-corrected chi connectivity index (χ1v) is 5.98. The summed E-state index contributed by atoms with van der Waals surface area (Å²) in [4.78, 5) is 17.5. The molecule has 2 aromatic rings. The first-order chi connectivity index (χ1) is 9.93. The van der Waals surface area contributed by atoms with Crippen LogP contribution in [0.1, 0.15) is 5.56 Å². The second-order valence-electron chi connectivity index (χ2n) is 3.93. The molecule has 9 heteroatoms. The van der Waals surface area contributed by atoms with E-state index in [2.05, 4.69) is 9.97 Å². The molecular weight excluding hydrogens is 305 g/mol. The van der Waals surface area contributed by atoms with Gasteiger partial charge in [-0.1, -0.05) is 11.6 Å². The summed E-state index contributed by atoms with van der Waals surface area (Å²) in [6, 6.07) is 1.98. The van der Waals surface area contributed by atoms with Gasteiger partial charge in [-0.25, -0.2) is 9.37 Å². The quantitative estimate of drug-likeness (QED) is 0.489. The van der Waals surface area contributed by atoms with Crippen LogP contribution in [0.2, 0.25) is 5.15 Å². The number of nitro benzene ring substituents is 1. The number of nitrogens with zero attached hydrogens (tertiary/aromatic N) is 3. The highest BCUT2D eigenvalue weighted by atomic mass is 35.5. The molecular formula is C12H9ClFN3O4. The van der Waals surface area contributed by atoms with Crippen molar-refractivity contribution in [2.45, 2.75) is 6.92 Å². The van der Waals surface area contributed by atoms with Crippen molar-refractivity contribution in [3.63, 3.8) is 0 Å². The van der Waals surface area contributed by atoms with Crippen molar-refractivity contribution in [2.75, 3.05) is 7.11 Å². The number of nitro groups is 1. The Kier molecular flexibility index (Phi) is 4.18. The van der Waals surface area contributed by atoms with Gasteiger partial charge in [0.15, 0.2) is 16.7 Å². The molecule has 0 spiro atoms. The fourth-order valence-corrected chi connectivity index (χ4v) is 1.81. The van der Waals surface area contributed by atoms with E-state index in [-0.39, 0.29) is 33.8 Å². The molecule has 1 aromatic carbocycles. The van der Waals surface area contributed by atoms with E-state index in [0.717, 1.165) is 12.4 Å². The summed E-state index contributed by atoms with van der Waals surface area (Å²) in [7, 11) is 1.33. The lowest BCUT2D eigenvalue weighted by molar-refractivity contribution is -0.385. The Labute approximate surface area is 123 Å². The summed E-state index contributed by atoms with van der Waals surface area (Å²) in [5.41, 5.74) is -0.0944. The first kappa shape index (κ1) is 14.9. The highest BCUT2D eigenvalue weighted by Crippen LogP contribution is 2.36. The highest BCUT2D eigenvalue weighted by Gasteiger charge is 2.19. The highest BCUT2D eigenvalue weighted by molar-refractivity contribution is 6.31. The zero-order valence-electron chi connectivity index (χ0n) is 11.0. The largest absolute Gasteiger partial charge is 0.489 e. The summed E-state index contributed by atoms with van der Waals surface area (Å²) >= 11 is 5.79. The number of hydrogen-bond acceptors (Lipinski definition) is 6. The predicted octanol–water partition coefficient (Wildman–Crippen LogP) is 3.29. The van der Waals surface area contributed by atoms with Crippen LogP contribution in [0.15, 0.2) is 18.5 Å². The average Bonchev–Trinajstić information content (AvgIpc) is 2.42.